The fourth-order valence-electron chi connectivity index (χ4n) is 2.94. The van der Waals surface area contributed by atoms with Gasteiger partial charge in [-0.1, -0.05) is 48.9 Å². The second-order valence-corrected chi connectivity index (χ2v) is 6.29. The van der Waals surface area contributed by atoms with Gasteiger partial charge in [-0.3, -0.25) is 9.59 Å². The Morgan fingerprint density at radius 3 is 2.52 bits per heavy atom. The fraction of sp³-hybridized carbons (Fsp3) is 0.368. The molecule has 4 heteroatoms. The summed E-state index contributed by atoms with van der Waals surface area (Å²) in [5.41, 5.74) is 0.981. The SMILES string of the molecule is O=C(NC[C@H](Cc1ccc2ccccc2c1)C(=O)O)C1CCC1. The number of hydrogen-bond donors (Lipinski definition) is 2. The van der Waals surface area contributed by atoms with Crippen LogP contribution in [-0.2, 0) is 16.0 Å². The number of carbonyl (C=O) groups is 2. The molecular weight excluding hydrogens is 290 g/mol. The second kappa shape index (κ2) is 6.82. The molecule has 1 aliphatic rings. The first-order valence-electron chi connectivity index (χ1n) is 8.11. The molecule has 0 spiro atoms. The van der Waals surface area contributed by atoms with E-state index in [0.29, 0.717) is 6.42 Å². The van der Waals surface area contributed by atoms with E-state index >= 15 is 0 Å². The van der Waals surface area contributed by atoms with E-state index in [9.17, 15) is 14.7 Å². The fourth-order valence-corrected chi connectivity index (χ4v) is 2.94. The predicted molar refractivity (Wildman–Crippen MR) is 89.1 cm³/mol. The van der Waals surface area contributed by atoms with Crippen molar-refractivity contribution in [3.63, 3.8) is 0 Å². The summed E-state index contributed by atoms with van der Waals surface area (Å²) in [6.45, 7) is 0.192. The molecule has 0 radical (unpaired) electrons. The van der Waals surface area contributed by atoms with Crippen LogP contribution in [0.2, 0.25) is 0 Å². The highest BCUT2D eigenvalue weighted by Crippen LogP contribution is 2.26. The lowest BCUT2D eigenvalue weighted by Crippen LogP contribution is -2.39. The molecule has 0 aromatic heterocycles. The number of carboxylic acids is 1. The first-order valence-corrected chi connectivity index (χ1v) is 8.11. The molecule has 0 unspecified atom stereocenters. The van der Waals surface area contributed by atoms with Crippen molar-refractivity contribution in [1.29, 1.82) is 0 Å². The van der Waals surface area contributed by atoms with Crippen LogP contribution in [0.3, 0.4) is 0 Å². The van der Waals surface area contributed by atoms with Gasteiger partial charge < -0.3 is 10.4 Å². The lowest BCUT2D eigenvalue weighted by atomic mass is 9.84. The Bertz CT molecular complexity index is 721. The van der Waals surface area contributed by atoms with Gasteiger partial charge in [0.1, 0.15) is 0 Å². The first kappa shape index (κ1) is 15.5. The molecule has 2 N–H and O–H groups in total. The van der Waals surface area contributed by atoms with Crippen molar-refractivity contribution in [3.05, 3.63) is 48.0 Å². The van der Waals surface area contributed by atoms with E-state index in [-0.39, 0.29) is 18.4 Å². The van der Waals surface area contributed by atoms with Crippen LogP contribution < -0.4 is 5.32 Å². The lowest BCUT2D eigenvalue weighted by molar-refractivity contribution is -0.141. The predicted octanol–water partition coefficient (Wildman–Crippen LogP) is 3.00. The van der Waals surface area contributed by atoms with E-state index in [1.807, 2.05) is 42.5 Å². The Kier molecular flexibility index (Phi) is 4.60. The molecule has 2 aromatic rings. The van der Waals surface area contributed by atoms with Gasteiger partial charge in [0.05, 0.1) is 5.92 Å². The molecule has 1 amide bonds. The van der Waals surface area contributed by atoms with E-state index in [4.69, 9.17) is 0 Å². The highest BCUT2D eigenvalue weighted by molar-refractivity contribution is 5.83. The minimum atomic E-state index is -0.868. The smallest absolute Gasteiger partial charge is 0.308 e. The van der Waals surface area contributed by atoms with E-state index in [1.54, 1.807) is 0 Å². The summed E-state index contributed by atoms with van der Waals surface area (Å²) < 4.78 is 0. The zero-order valence-corrected chi connectivity index (χ0v) is 13.0. The number of aliphatic carboxylic acids is 1. The normalized spacial score (nSPS) is 15.8. The molecule has 1 atom stereocenters. The molecule has 0 aliphatic heterocycles. The van der Waals surface area contributed by atoms with Crippen LogP contribution in [0.1, 0.15) is 24.8 Å². The van der Waals surface area contributed by atoms with Gasteiger partial charge in [-0.25, -0.2) is 0 Å². The second-order valence-electron chi connectivity index (χ2n) is 6.29. The maximum atomic E-state index is 11.9. The zero-order chi connectivity index (χ0) is 16.2. The van der Waals surface area contributed by atoms with Crippen LogP contribution in [0.5, 0.6) is 0 Å². The molecule has 4 nitrogen and oxygen atoms in total. The highest BCUT2D eigenvalue weighted by atomic mass is 16.4. The van der Waals surface area contributed by atoms with Crippen LogP contribution in [0, 0.1) is 11.8 Å². The third-order valence-electron chi connectivity index (χ3n) is 4.64. The Morgan fingerprint density at radius 1 is 1.13 bits per heavy atom. The largest absolute Gasteiger partial charge is 0.481 e. The summed E-state index contributed by atoms with van der Waals surface area (Å²) in [6.07, 6.45) is 3.37. The minimum Gasteiger partial charge on any atom is -0.481 e. The zero-order valence-electron chi connectivity index (χ0n) is 13.0. The third-order valence-corrected chi connectivity index (χ3v) is 4.64. The Morgan fingerprint density at radius 2 is 1.87 bits per heavy atom. The summed E-state index contributed by atoms with van der Waals surface area (Å²) in [6, 6.07) is 14.0. The van der Waals surface area contributed by atoms with Gasteiger partial charge in [0.15, 0.2) is 0 Å². The average Bonchev–Trinajstić information content (AvgIpc) is 2.49. The number of benzene rings is 2. The van der Waals surface area contributed by atoms with Crippen LogP contribution in [-0.4, -0.2) is 23.5 Å². The van der Waals surface area contributed by atoms with E-state index in [2.05, 4.69) is 5.32 Å². The number of fused-ring (bicyclic) bond motifs is 1. The van der Waals surface area contributed by atoms with Gasteiger partial charge >= 0.3 is 5.97 Å². The van der Waals surface area contributed by atoms with Crippen molar-refractivity contribution in [1.82, 2.24) is 5.32 Å². The molecule has 23 heavy (non-hydrogen) atoms. The maximum Gasteiger partial charge on any atom is 0.308 e. The molecule has 0 saturated heterocycles. The topological polar surface area (TPSA) is 66.4 Å². The maximum absolute atomic E-state index is 11.9. The number of amides is 1. The highest BCUT2D eigenvalue weighted by Gasteiger charge is 2.26. The first-order chi connectivity index (χ1) is 11.1. The van der Waals surface area contributed by atoms with Crippen molar-refractivity contribution in [2.24, 2.45) is 11.8 Å². The molecule has 0 heterocycles. The van der Waals surface area contributed by atoms with Crippen LogP contribution in [0.15, 0.2) is 42.5 Å². The summed E-state index contributed by atoms with van der Waals surface area (Å²) in [7, 11) is 0. The average molecular weight is 311 g/mol. The van der Waals surface area contributed by atoms with Gasteiger partial charge in [0.2, 0.25) is 5.91 Å². The van der Waals surface area contributed by atoms with Crippen molar-refractivity contribution in [2.75, 3.05) is 6.54 Å². The molecule has 1 aliphatic carbocycles. The molecule has 3 rings (SSSR count). The number of carbonyl (C=O) groups excluding carboxylic acids is 1. The number of carboxylic acid groups (broad SMARTS) is 1. The van der Waals surface area contributed by atoms with Crippen molar-refractivity contribution in [3.8, 4) is 0 Å². The van der Waals surface area contributed by atoms with E-state index in [1.165, 1.54) is 0 Å². The lowest BCUT2D eigenvalue weighted by Gasteiger charge is -2.25. The van der Waals surface area contributed by atoms with Gasteiger partial charge in [0, 0.05) is 12.5 Å². The molecule has 2 aromatic carbocycles. The van der Waals surface area contributed by atoms with Crippen molar-refractivity contribution >= 4 is 22.6 Å². The summed E-state index contributed by atoms with van der Waals surface area (Å²) in [4.78, 5) is 23.4. The Balaban J connectivity index is 1.65. The number of rotatable bonds is 6. The molecule has 120 valence electrons. The quantitative estimate of drug-likeness (QED) is 0.862. The molecule has 1 saturated carbocycles. The van der Waals surface area contributed by atoms with Crippen molar-refractivity contribution in [2.45, 2.75) is 25.7 Å². The van der Waals surface area contributed by atoms with Crippen molar-refractivity contribution < 1.29 is 14.7 Å². The molecule has 1 fully saturated rings. The van der Waals surface area contributed by atoms with E-state index in [0.717, 1.165) is 35.6 Å². The third kappa shape index (κ3) is 3.70. The van der Waals surface area contributed by atoms with Crippen LogP contribution in [0.25, 0.3) is 10.8 Å². The van der Waals surface area contributed by atoms with Crippen LogP contribution in [0.4, 0.5) is 0 Å². The van der Waals surface area contributed by atoms with E-state index < -0.39 is 11.9 Å². The van der Waals surface area contributed by atoms with Gasteiger partial charge in [0.25, 0.3) is 0 Å². The monoisotopic (exact) mass is 311 g/mol. The van der Waals surface area contributed by atoms with Crippen LogP contribution >= 0.6 is 0 Å². The van der Waals surface area contributed by atoms with Gasteiger partial charge in [-0.15, -0.1) is 0 Å². The summed E-state index contributed by atoms with van der Waals surface area (Å²) in [5, 5.41) is 14.5. The van der Waals surface area contributed by atoms with Gasteiger partial charge in [-0.2, -0.15) is 0 Å². The van der Waals surface area contributed by atoms with Gasteiger partial charge in [-0.05, 0) is 35.6 Å². The molecular formula is C19H21NO3. The number of nitrogens with one attached hydrogen (secondary N) is 1. The standard InChI is InChI=1S/C19H21NO3/c21-18(15-6-3-7-15)20-12-17(19(22)23)11-13-8-9-14-4-1-2-5-16(14)10-13/h1-2,4-5,8-10,15,17H,3,6-7,11-12H2,(H,20,21)(H,22,23)/t17-/m0/s1. The Hall–Kier alpha value is -2.36. The summed E-state index contributed by atoms with van der Waals surface area (Å²) in [5.74, 6) is -1.38. The summed E-state index contributed by atoms with van der Waals surface area (Å²) >= 11 is 0. The number of hydrogen-bond acceptors (Lipinski definition) is 2. The Labute approximate surface area is 135 Å². The molecule has 0 bridgehead atoms. The minimum absolute atomic E-state index is 0.000937.